The molecule has 2 heterocycles. The maximum Gasteiger partial charge on any atom is 0.267 e. The van der Waals surface area contributed by atoms with Gasteiger partial charge in [0.25, 0.3) is 27.7 Å². The summed E-state index contributed by atoms with van der Waals surface area (Å²) >= 11 is 0. The van der Waals surface area contributed by atoms with Crippen molar-refractivity contribution < 1.29 is 22.8 Å². The number of fused-ring (bicyclic) bond motifs is 1. The first kappa shape index (κ1) is 15.8. The third-order valence-electron chi connectivity index (χ3n) is 3.24. The lowest BCUT2D eigenvalue weighted by atomic mass is 10.1. The second kappa shape index (κ2) is 5.83. The lowest BCUT2D eigenvalue weighted by Gasteiger charge is -2.09. The number of benzene rings is 1. The van der Waals surface area contributed by atoms with Crippen LogP contribution in [0.4, 0.5) is 0 Å². The Balaban J connectivity index is 1.79. The van der Waals surface area contributed by atoms with Crippen molar-refractivity contribution >= 4 is 27.7 Å². The van der Waals surface area contributed by atoms with Crippen LogP contribution in [0.1, 0.15) is 31.1 Å². The van der Waals surface area contributed by atoms with Crippen LogP contribution in [0.5, 0.6) is 0 Å². The molecule has 0 aliphatic carbocycles. The summed E-state index contributed by atoms with van der Waals surface area (Å²) in [5.74, 6) is -1.95. The summed E-state index contributed by atoms with van der Waals surface area (Å²) in [6.07, 6.45) is 2.74. The van der Waals surface area contributed by atoms with E-state index >= 15 is 0 Å². The van der Waals surface area contributed by atoms with E-state index < -0.39 is 27.7 Å². The molecule has 3 amide bonds. The van der Waals surface area contributed by atoms with Crippen molar-refractivity contribution in [1.82, 2.24) is 20.6 Å². The number of pyridine rings is 1. The van der Waals surface area contributed by atoms with Gasteiger partial charge in [0.2, 0.25) is 0 Å². The number of nitrogens with one attached hydrogen (secondary N) is 3. The zero-order chi connectivity index (χ0) is 17.3. The lowest BCUT2D eigenvalue weighted by molar-refractivity contribution is 0.0877. The molecule has 1 aliphatic heterocycles. The predicted molar refractivity (Wildman–Crippen MR) is 80.3 cm³/mol. The van der Waals surface area contributed by atoms with Crippen LogP contribution in [-0.2, 0) is 10.0 Å². The molecule has 0 spiro atoms. The summed E-state index contributed by atoms with van der Waals surface area (Å²) in [4.78, 5) is 40.3. The molecule has 0 atom stereocenters. The monoisotopic (exact) mass is 346 g/mol. The molecule has 1 aliphatic rings. The van der Waals surface area contributed by atoms with E-state index in [0.717, 1.165) is 12.1 Å². The van der Waals surface area contributed by atoms with Crippen molar-refractivity contribution in [2.45, 2.75) is 4.90 Å². The van der Waals surface area contributed by atoms with Crippen LogP contribution in [0.15, 0.2) is 47.6 Å². The summed E-state index contributed by atoms with van der Waals surface area (Å²) in [6, 6.07) is 6.44. The molecule has 0 unspecified atom stereocenters. The minimum Gasteiger partial charge on any atom is -0.288 e. The highest BCUT2D eigenvalue weighted by molar-refractivity contribution is 7.89. The van der Waals surface area contributed by atoms with Gasteiger partial charge in [-0.25, -0.2) is 8.42 Å². The van der Waals surface area contributed by atoms with Crippen LogP contribution >= 0.6 is 0 Å². The van der Waals surface area contributed by atoms with Gasteiger partial charge in [0, 0.05) is 12.4 Å². The lowest BCUT2D eigenvalue weighted by Crippen LogP contribution is -2.41. The van der Waals surface area contributed by atoms with Crippen molar-refractivity contribution in [1.29, 1.82) is 0 Å². The zero-order valence-electron chi connectivity index (χ0n) is 11.9. The van der Waals surface area contributed by atoms with Gasteiger partial charge in [0.1, 0.15) is 0 Å². The normalized spacial score (nSPS) is 13.3. The summed E-state index contributed by atoms with van der Waals surface area (Å²) in [5.41, 5.74) is 2.26. The molecule has 0 radical (unpaired) electrons. The van der Waals surface area contributed by atoms with E-state index in [2.05, 4.69) is 10.3 Å². The molecule has 9 nitrogen and oxygen atoms in total. The van der Waals surface area contributed by atoms with Crippen LogP contribution in [0.25, 0.3) is 0 Å². The van der Waals surface area contributed by atoms with Gasteiger partial charge < -0.3 is 0 Å². The number of sulfonamides is 1. The SMILES string of the molecule is O=C(NNS(=O)(=O)c1ccc2c(c1)C(=O)NC2=O)c1cccnc1. The molecule has 3 N–H and O–H groups in total. The van der Waals surface area contributed by atoms with Crippen molar-refractivity contribution in [3.8, 4) is 0 Å². The molecular formula is C14H10N4O5S. The molecule has 1 aromatic heterocycles. The second-order valence-corrected chi connectivity index (χ2v) is 6.47. The van der Waals surface area contributed by atoms with Gasteiger partial charge in [-0.3, -0.25) is 30.1 Å². The maximum atomic E-state index is 12.2. The van der Waals surface area contributed by atoms with E-state index in [0.29, 0.717) is 0 Å². The first-order valence-corrected chi connectivity index (χ1v) is 8.09. The smallest absolute Gasteiger partial charge is 0.267 e. The Labute approximate surface area is 136 Å². The average Bonchev–Trinajstić information content (AvgIpc) is 2.87. The number of amides is 3. The Morgan fingerprint density at radius 1 is 1.08 bits per heavy atom. The highest BCUT2D eigenvalue weighted by Gasteiger charge is 2.28. The minimum atomic E-state index is -4.12. The highest BCUT2D eigenvalue weighted by atomic mass is 32.2. The van der Waals surface area contributed by atoms with Crippen molar-refractivity contribution in [3.63, 3.8) is 0 Å². The van der Waals surface area contributed by atoms with E-state index in [1.807, 2.05) is 10.3 Å². The second-order valence-electron chi connectivity index (χ2n) is 4.79. The molecule has 2 aromatic rings. The molecule has 122 valence electrons. The fraction of sp³-hybridized carbons (Fsp3) is 0. The number of carbonyl (C=O) groups is 3. The van der Waals surface area contributed by atoms with Gasteiger partial charge in [-0.2, -0.15) is 0 Å². The predicted octanol–water partition coefficient (Wildman–Crippen LogP) is -0.412. The van der Waals surface area contributed by atoms with Gasteiger partial charge in [-0.05, 0) is 30.3 Å². The van der Waals surface area contributed by atoms with Gasteiger partial charge >= 0.3 is 0 Å². The Kier molecular flexibility index (Phi) is 3.83. The third-order valence-corrected chi connectivity index (χ3v) is 4.49. The average molecular weight is 346 g/mol. The number of aromatic nitrogens is 1. The number of hydrogen-bond donors (Lipinski definition) is 3. The van der Waals surface area contributed by atoms with E-state index in [1.165, 1.54) is 30.6 Å². The Hall–Kier alpha value is -3.11. The fourth-order valence-electron chi connectivity index (χ4n) is 2.06. The molecule has 24 heavy (non-hydrogen) atoms. The van der Waals surface area contributed by atoms with Crippen molar-refractivity contribution in [2.75, 3.05) is 0 Å². The summed E-state index contributed by atoms with van der Waals surface area (Å²) in [5, 5.41) is 2.06. The Morgan fingerprint density at radius 2 is 1.83 bits per heavy atom. The van der Waals surface area contributed by atoms with E-state index in [4.69, 9.17) is 0 Å². The fourth-order valence-corrected chi connectivity index (χ4v) is 2.92. The number of nitrogens with zero attached hydrogens (tertiary/aromatic N) is 1. The van der Waals surface area contributed by atoms with Crippen LogP contribution in [0, 0.1) is 0 Å². The van der Waals surface area contributed by atoms with Crippen LogP contribution in [-0.4, -0.2) is 31.1 Å². The van der Waals surface area contributed by atoms with Gasteiger partial charge in [0.15, 0.2) is 0 Å². The molecule has 0 saturated heterocycles. The van der Waals surface area contributed by atoms with Crippen LogP contribution < -0.4 is 15.6 Å². The molecule has 3 rings (SSSR count). The summed E-state index contributed by atoms with van der Waals surface area (Å²) in [6.45, 7) is 0. The molecular weight excluding hydrogens is 336 g/mol. The largest absolute Gasteiger partial charge is 0.288 e. The number of rotatable bonds is 4. The highest BCUT2D eigenvalue weighted by Crippen LogP contribution is 2.19. The van der Waals surface area contributed by atoms with Gasteiger partial charge in [-0.15, -0.1) is 4.83 Å². The summed E-state index contributed by atoms with van der Waals surface area (Å²) < 4.78 is 24.4. The Bertz CT molecular complexity index is 956. The summed E-state index contributed by atoms with van der Waals surface area (Å²) in [7, 11) is -4.12. The van der Waals surface area contributed by atoms with Gasteiger partial charge in [0.05, 0.1) is 21.6 Å². The Morgan fingerprint density at radius 3 is 2.54 bits per heavy atom. The van der Waals surface area contributed by atoms with Crippen molar-refractivity contribution in [3.05, 3.63) is 59.4 Å². The number of hydrogen-bond acceptors (Lipinski definition) is 6. The molecule has 0 saturated carbocycles. The third kappa shape index (κ3) is 2.87. The standard InChI is InChI=1S/C14H10N4O5S/c19-12(8-2-1-5-15-7-8)17-18-24(22,23)9-3-4-10-11(6-9)14(21)16-13(10)20/h1-7,18H,(H,17,19)(H,16,20,21). The maximum absolute atomic E-state index is 12.2. The first-order valence-electron chi connectivity index (χ1n) is 6.60. The quantitative estimate of drug-likeness (QED) is 0.509. The number of imide groups is 1. The van der Waals surface area contributed by atoms with Crippen LogP contribution in [0.3, 0.4) is 0 Å². The number of hydrazine groups is 1. The van der Waals surface area contributed by atoms with Crippen molar-refractivity contribution in [2.24, 2.45) is 0 Å². The van der Waals surface area contributed by atoms with Gasteiger partial charge in [-0.1, -0.05) is 0 Å². The zero-order valence-corrected chi connectivity index (χ0v) is 12.8. The molecule has 0 bridgehead atoms. The van der Waals surface area contributed by atoms with E-state index in [-0.39, 0.29) is 21.6 Å². The van der Waals surface area contributed by atoms with E-state index in [1.54, 1.807) is 0 Å². The first-order chi connectivity index (χ1) is 11.4. The molecule has 1 aromatic carbocycles. The molecule has 10 heteroatoms. The topological polar surface area (TPSA) is 134 Å². The minimum absolute atomic E-state index is 0.0403. The van der Waals surface area contributed by atoms with E-state index in [9.17, 15) is 22.8 Å². The molecule has 0 fully saturated rings. The number of carbonyl (C=O) groups excluding carboxylic acids is 3. The van der Waals surface area contributed by atoms with Crippen LogP contribution in [0.2, 0.25) is 0 Å².